The highest BCUT2D eigenvalue weighted by atomic mass is 16.5. The second kappa shape index (κ2) is 7.50. The van der Waals surface area contributed by atoms with Gasteiger partial charge in [-0.15, -0.1) is 0 Å². The normalized spacial score (nSPS) is 11.5. The lowest BCUT2D eigenvalue weighted by Gasteiger charge is -2.18. The molecule has 0 spiro atoms. The lowest BCUT2D eigenvalue weighted by atomic mass is 9.86. The van der Waals surface area contributed by atoms with Crippen LogP contribution >= 0.6 is 0 Å². The molecule has 0 unspecified atom stereocenters. The number of furan rings is 1. The second-order valence-electron chi connectivity index (χ2n) is 7.74. The van der Waals surface area contributed by atoms with E-state index in [1.165, 1.54) is 0 Å². The maximum atomic E-state index is 12.4. The number of methoxy groups -OCH3 is 1. The van der Waals surface area contributed by atoms with Gasteiger partial charge in [-0.1, -0.05) is 45.0 Å². The van der Waals surface area contributed by atoms with Crippen LogP contribution in [0.1, 0.15) is 52.8 Å². The van der Waals surface area contributed by atoms with Crippen molar-refractivity contribution in [3.8, 4) is 5.75 Å². The number of fused-ring (bicyclic) bond motifs is 1. The van der Waals surface area contributed by atoms with E-state index < -0.39 is 5.97 Å². The van der Waals surface area contributed by atoms with Crippen molar-refractivity contribution in [2.45, 2.75) is 33.1 Å². The van der Waals surface area contributed by atoms with Crippen molar-refractivity contribution in [2.24, 2.45) is 0 Å². The summed E-state index contributed by atoms with van der Waals surface area (Å²) in [6.45, 7) is 7.76. The van der Waals surface area contributed by atoms with Crippen molar-refractivity contribution in [1.82, 2.24) is 0 Å². The Balaban J connectivity index is 1.71. The molecule has 146 valence electrons. The first-order chi connectivity index (χ1) is 13.2. The van der Waals surface area contributed by atoms with E-state index in [2.05, 4.69) is 20.8 Å². The first-order valence-corrected chi connectivity index (χ1v) is 9.08. The number of ketones is 1. The summed E-state index contributed by atoms with van der Waals surface area (Å²) in [7, 11) is 1.57. The maximum absolute atomic E-state index is 12.4. The van der Waals surface area contributed by atoms with Crippen LogP contribution in [0.2, 0.25) is 0 Å². The smallest absolute Gasteiger partial charge is 0.375 e. The number of benzene rings is 2. The van der Waals surface area contributed by atoms with E-state index in [1.54, 1.807) is 44.4 Å². The Morgan fingerprint density at radius 3 is 2.32 bits per heavy atom. The molecule has 0 atom stereocenters. The Labute approximate surface area is 164 Å². The van der Waals surface area contributed by atoms with Gasteiger partial charge in [0.15, 0.2) is 12.4 Å². The number of hydrogen-bond acceptors (Lipinski definition) is 5. The van der Waals surface area contributed by atoms with E-state index >= 15 is 0 Å². The van der Waals surface area contributed by atoms with Crippen LogP contribution in [0.25, 0.3) is 11.0 Å². The highest BCUT2D eigenvalue weighted by Gasteiger charge is 2.21. The molecule has 0 aliphatic carbocycles. The van der Waals surface area contributed by atoms with Crippen LogP contribution in [-0.4, -0.2) is 25.5 Å². The molecule has 3 rings (SSSR count). The molecule has 0 aliphatic heterocycles. The van der Waals surface area contributed by atoms with Crippen LogP contribution in [0.3, 0.4) is 0 Å². The van der Waals surface area contributed by atoms with Gasteiger partial charge < -0.3 is 13.9 Å². The van der Waals surface area contributed by atoms with E-state index in [1.807, 2.05) is 12.1 Å². The highest BCUT2D eigenvalue weighted by Crippen LogP contribution is 2.29. The van der Waals surface area contributed by atoms with E-state index in [9.17, 15) is 9.59 Å². The molecule has 0 amide bonds. The number of carbonyl (C=O) groups is 2. The Bertz CT molecular complexity index is 1020. The predicted molar refractivity (Wildman–Crippen MR) is 107 cm³/mol. The average Bonchev–Trinajstić information content (AvgIpc) is 3.01. The molecular weight excluding hydrogens is 356 g/mol. The van der Waals surface area contributed by atoms with Gasteiger partial charge in [-0.25, -0.2) is 4.79 Å². The number of rotatable bonds is 5. The van der Waals surface area contributed by atoms with E-state index in [4.69, 9.17) is 13.9 Å². The van der Waals surface area contributed by atoms with E-state index in [-0.39, 0.29) is 23.6 Å². The molecule has 0 radical (unpaired) electrons. The lowest BCUT2D eigenvalue weighted by molar-refractivity contribution is 0.0445. The Morgan fingerprint density at radius 2 is 1.71 bits per heavy atom. The fraction of sp³-hybridized carbons (Fsp3) is 0.304. The molecule has 0 fully saturated rings. The molecule has 3 aromatic rings. The molecular formula is C23H24O5. The highest BCUT2D eigenvalue weighted by molar-refractivity contribution is 6.00. The SMILES string of the molecule is COc1ccc2oc(C(=O)OCC(=O)c3ccc(C(C)(C)C)cc3)c(C)c2c1. The molecule has 0 N–H and O–H groups in total. The van der Waals surface area contributed by atoms with Gasteiger partial charge in [-0.3, -0.25) is 4.79 Å². The summed E-state index contributed by atoms with van der Waals surface area (Å²) in [5.41, 5.74) is 2.87. The monoisotopic (exact) mass is 380 g/mol. The number of aryl methyl sites for hydroxylation is 1. The van der Waals surface area contributed by atoms with Crippen molar-refractivity contribution >= 4 is 22.7 Å². The zero-order valence-electron chi connectivity index (χ0n) is 16.8. The first kappa shape index (κ1) is 19.7. The molecule has 5 nitrogen and oxygen atoms in total. The molecule has 0 bridgehead atoms. The van der Waals surface area contributed by atoms with Gasteiger partial charge in [-0.05, 0) is 36.1 Å². The number of carbonyl (C=O) groups excluding carboxylic acids is 2. The fourth-order valence-corrected chi connectivity index (χ4v) is 2.96. The van der Waals surface area contributed by atoms with Gasteiger partial charge in [0.1, 0.15) is 11.3 Å². The third kappa shape index (κ3) is 3.93. The van der Waals surface area contributed by atoms with Crippen molar-refractivity contribution in [3.05, 3.63) is 64.9 Å². The third-order valence-corrected chi connectivity index (χ3v) is 4.74. The van der Waals surface area contributed by atoms with Crippen molar-refractivity contribution < 1.29 is 23.5 Å². The Kier molecular flexibility index (Phi) is 5.27. The lowest BCUT2D eigenvalue weighted by Crippen LogP contribution is -2.15. The van der Waals surface area contributed by atoms with Gasteiger partial charge in [0.2, 0.25) is 5.76 Å². The maximum Gasteiger partial charge on any atom is 0.375 e. The van der Waals surface area contributed by atoms with E-state index in [0.717, 1.165) is 10.9 Å². The Hall–Kier alpha value is -3.08. The molecule has 5 heteroatoms. The number of esters is 1. The van der Waals surface area contributed by atoms with Crippen molar-refractivity contribution in [1.29, 1.82) is 0 Å². The number of Topliss-reactive ketones (excluding diaryl/α,β-unsaturated/α-hetero) is 1. The van der Waals surface area contributed by atoms with Crippen molar-refractivity contribution in [2.75, 3.05) is 13.7 Å². The largest absolute Gasteiger partial charge is 0.497 e. The predicted octanol–water partition coefficient (Wildman–Crippen LogP) is 5.09. The quantitative estimate of drug-likeness (QED) is 0.456. The third-order valence-electron chi connectivity index (χ3n) is 4.74. The van der Waals surface area contributed by atoms with Gasteiger partial charge in [-0.2, -0.15) is 0 Å². The van der Waals surface area contributed by atoms with Crippen LogP contribution in [0, 0.1) is 6.92 Å². The standard InChI is InChI=1S/C23H24O5/c1-14-18-12-17(26-5)10-11-20(18)28-21(14)22(25)27-13-19(24)15-6-8-16(9-7-15)23(2,3)4/h6-12H,13H2,1-5H3. The molecule has 1 heterocycles. The average molecular weight is 380 g/mol. The number of hydrogen-bond donors (Lipinski definition) is 0. The molecule has 1 aromatic heterocycles. The van der Waals surface area contributed by atoms with Crippen LogP contribution in [0.5, 0.6) is 5.75 Å². The first-order valence-electron chi connectivity index (χ1n) is 9.08. The van der Waals surface area contributed by atoms with Crippen LogP contribution in [-0.2, 0) is 10.2 Å². The summed E-state index contributed by atoms with van der Waals surface area (Å²) in [5, 5.41) is 0.774. The van der Waals surface area contributed by atoms with Crippen LogP contribution in [0.15, 0.2) is 46.9 Å². The van der Waals surface area contributed by atoms with Gasteiger partial charge in [0.25, 0.3) is 0 Å². The zero-order chi connectivity index (χ0) is 20.5. The van der Waals surface area contributed by atoms with Gasteiger partial charge in [0, 0.05) is 16.5 Å². The fourth-order valence-electron chi connectivity index (χ4n) is 2.96. The molecule has 0 aliphatic rings. The van der Waals surface area contributed by atoms with Gasteiger partial charge in [0.05, 0.1) is 7.11 Å². The van der Waals surface area contributed by atoms with Crippen molar-refractivity contribution in [3.63, 3.8) is 0 Å². The van der Waals surface area contributed by atoms with Crippen LogP contribution < -0.4 is 4.74 Å². The minimum atomic E-state index is -0.660. The summed E-state index contributed by atoms with van der Waals surface area (Å²) in [4.78, 5) is 24.8. The molecule has 2 aromatic carbocycles. The molecule has 28 heavy (non-hydrogen) atoms. The summed E-state index contributed by atoms with van der Waals surface area (Å²) in [6.07, 6.45) is 0. The molecule has 0 saturated carbocycles. The minimum Gasteiger partial charge on any atom is -0.497 e. The van der Waals surface area contributed by atoms with Crippen LogP contribution in [0.4, 0.5) is 0 Å². The summed E-state index contributed by atoms with van der Waals surface area (Å²) < 4.78 is 16.0. The zero-order valence-corrected chi connectivity index (χ0v) is 16.8. The van der Waals surface area contributed by atoms with E-state index in [0.29, 0.717) is 22.5 Å². The summed E-state index contributed by atoms with van der Waals surface area (Å²) >= 11 is 0. The second-order valence-corrected chi connectivity index (χ2v) is 7.74. The topological polar surface area (TPSA) is 65.7 Å². The molecule has 0 saturated heterocycles. The number of ether oxygens (including phenoxy) is 2. The van der Waals surface area contributed by atoms with Gasteiger partial charge >= 0.3 is 5.97 Å². The summed E-state index contributed by atoms with van der Waals surface area (Å²) in [5.74, 6) is -0.152. The summed E-state index contributed by atoms with van der Waals surface area (Å²) in [6, 6.07) is 12.7. The Morgan fingerprint density at radius 1 is 1.04 bits per heavy atom. The minimum absolute atomic E-state index is 0.00947.